The van der Waals surface area contributed by atoms with Crippen molar-refractivity contribution < 1.29 is 14.6 Å². The Morgan fingerprint density at radius 2 is 1.70 bits per heavy atom. The standard InChI is InChI=1S/C25H22ClNO3/c26-24-12-11-17(14-18(24)15-28)6-5-13-27-25(29)30-16-23-21-9-3-1-7-19(21)20-8-2-4-10-22(20)23/h1-12,14,23,28H,13,15-16H2,(H,27,29). The number of nitrogens with one attached hydrogen (secondary N) is 1. The molecule has 1 aliphatic rings. The number of ether oxygens (including phenoxy) is 1. The molecule has 1 aliphatic carbocycles. The van der Waals surface area contributed by atoms with Crippen LogP contribution in [-0.4, -0.2) is 24.4 Å². The van der Waals surface area contributed by atoms with Crippen molar-refractivity contribution in [1.29, 1.82) is 0 Å². The summed E-state index contributed by atoms with van der Waals surface area (Å²) in [5.74, 6) is 0.0460. The van der Waals surface area contributed by atoms with Crippen LogP contribution in [-0.2, 0) is 11.3 Å². The van der Waals surface area contributed by atoms with E-state index in [2.05, 4.69) is 29.6 Å². The maximum atomic E-state index is 12.2. The van der Waals surface area contributed by atoms with Gasteiger partial charge in [0, 0.05) is 17.5 Å². The van der Waals surface area contributed by atoms with Crippen molar-refractivity contribution >= 4 is 23.8 Å². The number of carbonyl (C=O) groups is 1. The first-order valence-electron chi connectivity index (χ1n) is 9.82. The van der Waals surface area contributed by atoms with Crippen molar-refractivity contribution in [2.45, 2.75) is 12.5 Å². The van der Waals surface area contributed by atoms with Crippen LogP contribution in [0.3, 0.4) is 0 Å². The molecular formula is C25H22ClNO3. The topological polar surface area (TPSA) is 58.6 Å². The van der Waals surface area contributed by atoms with E-state index in [9.17, 15) is 9.90 Å². The number of halogens is 1. The summed E-state index contributed by atoms with van der Waals surface area (Å²) < 4.78 is 5.51. The fraction of sp³-hybridized carbons (Fsp3) is 0.160. The SMILES string of the molecule is O=C(NCC=Cc1ccc(Cl)c(CO)c1)OCC1c2ccccc2-c2ccccc21. The molecule has 152 valence electrons. The summed E-state index contributed by atoms with van der Waals surface area (Å²) in [6, 6.07) is 21.9. The van der Waals surface area contributed by atoms with E-state index in [0.717, 1.165) is 5.56 Å². The number of aliphatic hydroxyl groups is 1. The van der Waals surface area contributed by atoms with Gasteiger partial charge in [0.25, 0.3) is 0 Å². The number of rotatable bonds is 6. The molecule has 30 heavy (non-hydrogen) atoms. The highest BCUT2D eigenvalue weighted by molar-refractivity contribution is 6.31. The van der Waals surface area contributed by atoms with Gasteiger partial charge >= 0.3 is 6.09 Å². The number of amides is 1. The lowest BCUT2D eigenvalue weighted by atomic mass is 9.98. The first-order valence-corrected chi connectivity index (χ1v) is 10.2. The number of fused-ring (bicyclic) bond motifs is 3. The fourth-order valence-corrected chi connectivity index (χ4v) is 3.98. The van der Waals surface area contributed by atoms with E-state index < -0.39 is 6.09 Å². The number of alkyl carbamates (subject to hydrolysis) is 1. The molecule has 3 aromatic rings. The lowest BCUT2D eigenvalue weighted by Gasteiger charge is -2.14. The van der Waals surface area contributed by atoms with Crippen LogP contribution >= 0.6 is 11.6 Å². The predicted octanol–water partition coefficient (Wildman–Crippen LogP) is 5.38. The van der Waals surface area contributed by atoms with Crippen molar-refractivity contribution in [1.82, 2.24) is 5.32 Å². The van der Waals surface area contributed by atoms with Crippen LogP contribution in [0, 0.1) is 0 Å². The Hall–Kier alpha value is -3.08. The summed E-state index contributed by atoms with van der Waals surface area (Å²) in [5.41, 5.74) is 6.36. The van der Waals surface area contributed by atoms with Crippen LogP contribution in [0.4, 0.5) is 4.79 Å². The summed E-state index contributed by atoms with van der Waals surface area (Å²) in [6.07, 6.45) is 3.24. The second kappa shape index (κ2) is 9.16. The lowest BCUT2D eigenvalue weighted by molar-refractivity contribution is 0.144. The van der Waals surface area contributed by atoms with E-state index in [1.807, 2.05) is 48.6 Å². The van der Waals surface area contributed by atoms with Gasteiger partial charge in [0.15, 0.2) is 0 Å². The summed E-state index contributed by atoms with van der Waals surface area (Å²) >= 11 is 5.99. The Labute approximate surface area is 180 Å². The fourth-order valence-electron chi connectivity index (χ4n) is 3.81. The van der Waals surface area contributed by atoms with E-state index >= 15 is 0 Å². The maximum absolute atomic E-state index is 12.2. The van der Waals surface area contributed by atoms with Crippen LogP contribution in [0.25, 0.3) is 17.2 Å². The van der Waals surface area contributed by atoms with Gasteiger partial charge in [-0.3, -0.25) is 0 Å². The van der Waals surface area contributed by atoms with Crippen molar-refractivity contribution in [3.63, 3.8) is 0 Å². The van der Waals surface area contributed by atoms with Gasteiger partial charge in [0.2, 0.25) is 0 Å². The number of hydrogen-bond donors (Lipinski definition) is 2. The number of benzene rings is 3. The van der Waals surface area contributed by atoms with Crippen LogP contribution in [0.1, 0.15) is 28.2 Å². The second-order valence-electron chi connectivity index (χ2n) is 7.12. The molecule has 0 bridgehead atoms. The van der Waals surface area contributed by atoms with Crippen molar-refractivity contribution in [2.24, 2.45) is 0 Å². The summed E-state index contributed by atoms with van der Waals surface area (Å²) in [7, 11) is 0. The maximum Gasteiger partial charge on any atom is 0.407 e. The molecule has 0 aliphatic heterocycles. The average molecular weight is 420 g/mol. The number of carbonyl (C=O) groups excluding carboxylic acids is 1. The first kappa shape index (κ1) is 20.2. The van der Waals surface area contributed by atoms with Gasteiger partial charge in [-0.2, -0.15) is 0 Å². The quantitative estimate of drug-likeness (QED) is 0.563. The third kappa shape index (κ3) is 4.25. The lowest BCUT2D eigenvalue weighted by Crippen LogP contribution is -2.26. The molecule has 0 aromatic heterocycles. The van der Waals surface area contributed by atoms with Gasteiger partial charge in [-0.15, -0.1) is 0 Å². The number of hydrogen-bond acceptors (Lipinski definition) is 3. The third-order valence-corrected chi connectivity index (χ3v) is 5.63. The Bertz CT molecular complexity index is 1050. The zero-order chi connectivity index (χ0) is 20.9. The minimum atomic E-state index is -0.450. The Morgan fingerprint density at radius 3 is 2.37 bits per heavy atom. The highest BCUT2D eigenvalue weighted by Gasteiger charge is 2.28. The smallest absolute Gasteiger partial charge is 0.407 e. The molecule has 0 atom stereocenters. The zero-order valence-corrected chi connectivity index (χ0v) is 17.1. The molecule has 4 rings (SSSR count). The van der Waals surface area contributed by atoms with Crippen LogP contribution < -0.4 is 5.32 Å². The average Bonchev–Trinajstić information content (AvgIpc) is 3.10. The van der Waals surface area contributed by atoms with Gasteiger partial charge in [0.05, 0.1) is 6.61 Å². The predicted molar refractivity (Wildman–Crippen MR) is 119 cm³/mol. The van der Waals surface area contributed by atoms with Crippen molar-refractivity contribution in [3.8, 4) is 11.1 Å². The second-order valence-corrected chi connectivity index (χ2v) is 7.52. The minimum absolute atomic E-state index is 0.0460. The van der Waals surface area contributed by atoms with Crippen LogP contribution in [0.5, 0.6) is 0 Å². The van der Waals surface area contributed by atoms with Crippen LogP contribution in [0.2, 0.25) is 5.02 Å². The molecule has 2 N–H and O–H groups in total. The number of aliphatic hydroxyl groups excluding tert-OH is 1. The highest BCUT2D eigenvalue weighted by Crippen LogP contribution is 2.44. The third-order valence-electron chi connectivity index (χ3n) is 5.26. The highest BCUT2D eigenvalue weighted by atomic mass is 35.5. The summed E-state index contributed by atoms with van der Waals surface area (Å²) in [4.78, 5) is 12.2. The van der Waals surface area contributed by atoms with E-state index in [0.29, 0.717) is 23.7 Å². The van der Waals surface area contributed by atoms with E-state index in [4.69, 9.17) is 16.3 Å². The van der Waals surface area contributed by atoms with E-state index in [1.54, 1.807) is 6.07 Å². The van der Waals surface area contributed by atoms with Crippen LogP contribution in [0.15, 0.2) is 72.8 Å². The summed E-state index contributed by atoms with van der Waals surface area (Å²) in [5, 5.41) is 12.6. The molecule has 1 amide bonds. The molecule has 0 saturated carbocycles. The first-order chi connectivity index (χ1) is 14.7. The zero-order valence-electron chi connectivity index (χ0n) is 16.3. The molecule has 0 heterocycles. The van der Waals surface area contributed by atoms with Gasteiger partial charge in [-0.1, -0.05) is 78.4 Å². The van der Waals surface area contributed by atoms with Gasteiger partial charge in [0.1, 0.15) is 6.61 Å². The largest absolute Gasteiger partial charge is 0.449 e. The molecule has 0 radical (unpaired) electrons. The Kier molecular flexibility index (Phi) is 6.17. The normalized spacial score (nSPS) is 12.6. The molecule has 0 unspecified atom stereocenters. The molecule has 0 fully saturated rings. The Morgan fingerprint density at radius 1 is 1.03 bits per heavy atom. The van der Waals surface area contributed by atoms with Gasteiger partial charge in [-0.25, -0.2) is 4.79 Å². The minimum Gasteiger partial charge on any atom is -0.449 e. The molecule has 0 spiro atoms. The Balaban J connectivity index is 1.32. The van der Waals surface area contributed by atoms with Gasteiger partial charge in [-0.05, 0) is 45.5 Å². The molecular weight excluding hydrogens is 398 g/mol. The van der Waals surface area contributed by atoms with E-state index in [1.165, 1.54) is 22.3 Å². The monoisotopic (exact) mass is 419 g/mol. The van der Waals surface area contributed by atoms with Crippen molar-refractivity contribution in [3.05, 3.63) is 100 Å². The van der Waals surface area contributed by atoms with Crippen molar-refractivity contribution in [2.75, 3.05) is 13.2 Å². The molecule has 0 saturated heterocycles. The molecule has 5 heteroatoms. The summed E-state index contributed by atoms with van der Waals surface area (Å²) in [6.45, 7) is 0.521. The van der Waals surface area contributed by atoms with E-state index in [-0.39, 0.29) is 12.5 Å². The molecule has 3 aromatic carbocycles. The molecule has 4 nitrogen and oxygen atoms in total. The van der Waals surface area contributed by atoms with Gasteiger partial charge < -0.3 is 15.2 Å².